The van der Waals surface area contributed by atoms with E-state index in [1.54, 1.807) is 4.68 Å². The average Bonchev–Trinajstić information content (AvgIpc) is 2.60. The van der Waals surface area contributed by atoms with Gasteiger partial charge >= 0.3 is 0 Å². The Kier molecular flexibility index (Phi) is 2.61. The summed E-state index contributed by atoms with van der Waals surface area (Å²) in [6.07, 6.45) is 0.635. The largest absolute Gasteiger partial charge is 0.296 e. The van der Waals surface area contributed by atoms with Gasteiger partial charge in [0, 0.05) is 12.1 Å². The molecule has 0 N–H and O–H groups in total. The molecule has 0 unspecified atom stereocenters. The van der Waals surface area contributed by atoms with Crippen LogP contribution in [0, 0.1) is 5.92 Å². The number of aldehydes is 1. The van der Waals surface area contributed by atoms with E-state index in [1.807, 2.05) is 13.8 Å². The third kappa shape index (κ3) is 1.89. The van der Waals surface area contributed by atoms with Crippen molar-refractivity contribution in [3.05, 3.63) is 17.0 Å². The van der Waals surface area contributed by atoms with Crippen molar-refractivity contribution in [2.24, 2.45) is 5.92 Å². The molecule has 0 atom stereocenters. The van der Waals surface area contributed by atoms with Gasteiger partial charge in [0.2, 0.25) is 0 Å². The minimum Gasteiger partial charge on any atom is -0.296 e. The maximum Gasteiger partial charge on any atom is 0.170 e. The lowest BCUT2D eigenvalue weighted by Crippen LogP contribution is -2.11. The van der Waals surface area contributed by atoms with Gasteiger partial charge < -0.3 is 0 Å². The number of hydrogen-bond acceptors (Lipinski definition) is 4. The van der Waals surface area contributed by atoms with E-state index in [4.69, 9.17) is 0 Å². The van der Waals surface area contributed by atoms with E-state index in [-0.39, 0.29) is 17.2 Å². The van der Waals surface area contributed by atoms with Crippen LogP contribution in [0.2, 0.25) is 0 Å². The molecule has 0 aromatic carbocycles. The van der Waals surface area contributed by atoms with Crippen molar-refractivity contribution < 1.29 is 13.2 Å². The molecule has 2 rings (SSSR count). The fourth-order valence-corrected chi connectivity index (χ4v) is 3.54. The van der Waals surface area contributed by atoms with Gasteiger partial charge in [-0.2, -0.15) is 5.10 Å². The number of sulfone groups is 1. The SMILES string of the molecule is CC(C)Cn1nc(C=O)c2c1CS(=O)(=O)C2. The summed E-state index contributed by atoms with van der Waals surface area (Å²) in [6, 6.07) is 0. The number of aromatic nitrogens is 2. The number of carbonyl (C=O) groups is 1. The van der Waals surface area contributed by atoms with Crippen LogP contribution in [0.3, 0.4) is 0 Å². The predicted octanol–water partition coefficient (Wildman–Crippen LogP) is 0.780. The molecule has 88 valence electrons. The van der Waals surface area contributed by atoms with Gasteiger partial charge in [-0.25, -0.2) is 8.42 Å². The Morgan fingerprint density at radius 1 is 1.44 bits per heavy atom. The van der Waals surface area contributed by atoms with Crippen LogP contribution in [0.4, 0.5) is 0 Å². The Bertz CT molecular complexity index is 529. The van der Waals surface area contributed by atoms with E-state index in [9.17, 15) is 13.2 Å². The number of fused-ring (bicyclic) bond motifs is 1. The highest BCUT2D eigenvalue weighted by Gasteiger charge is 2.32. The van der Waals surface area contributed by atoms with Crippen LogP contribution in [0.25, 0.3) is 0 Å². The van der Waals surface area contributed by atoms with Crippen molar-refractivity contribution in [1.29, 1.82) is 0 Å². The Labute approximate surface area is 94.4 Å². The molecule has 0 spiro atoms. The van der Waals surface area contributed by atoms with Crippen molar-refractivity contribution in [2.75, 3.05) is 0 Å². The summed E-state index contributed by atoms with van der Waals surface area (Å²) < 4.78 is 24.7. The van der Waals surface area contributed by atoms with Gasteiger partial charge in [-0.3, -0.25) is 9.48 Å². The zero-order chi connectivity index (χ0) is 11.9. The van der Waals surface area contributed by atoms with E-state index >= 15 is 0 Å². The number of nitrogens with zero attached hydrogens (tertiary/aromatic N) is 2. The molecule has 0 radical (unpaired) electrons. The maximum atomic E-state index is 11.5. The monoisotopic (exact) mass is 242 g/mol. The van der Waals surface area contributed by atoms with E-state index in [0.29, 0.717) is 30.0 Å². The van der Waals surface area contributed by atoms with Gasteiger partial charge in [-0.1, -0.05) is 13.8 Å². The first-order chi connectivity index (χ1) is 7.43. The van der Waals surface area contributed by atoms with E-state index in [2.05, 4.69) is 5.10 Å². The fraction of sp³-hybridized carbons (Fsp3) is 0.600. The summed E-state index contributed by atoms with van der Waals surface area (Å²) in [5, 5.41) is 4.14. The summed E-state index contributed by atoms with van der Waals surface area (Å²) in [5.41, 5.74) is 1.56. The number of rotatable bonds is 3. The van der Waals surface area contributed by atoms with Crippen LogP contribution < -0.4 is 0 Å². The van der Waals surface area contributed by atoms with E-state index < -0.39 is 9.84 Å². The van der Waals surface area contributed by atoms with Gasteiger partial charge in [0.25, 0.3) is 0 Å². The normalized spacial score (nSPS) is 17.7. The molecule has 0 bridgehead atoms. The molecular formula is C10H14N2O3S. The standard InChI is InChI=1S/C10H14N2O3S/c1-7(2)3-12-10-6-16(14,15)5-8(10)9(4-13)11-12/h4,7H,3,5-6H2,1-2H3. The van der Waals surface area contributed by atoms with Crippen molar-refractivity contribution in [3.63, 3.8) is 0 Å². The molecule has 0 saturated carbocycles. The predicted molar refractivity (Wildman–Crippen MR) is 58.8 cm³/mol. The van der Waals surface area contributed by atoms with Crippen molar-refractivity contribution in [1.82, 2.24) is 9.78 Å². The Hall–Kier alpha value is -1.17. The summed E-state index contributed by atoms with van der Waals surface area (Å²) in [4.78, 5) is 10.8. The van der Waals surface area contributed by atoms with Crippen LogP contribution in [0.15, 0.2) is 0 Å². The van der Waals surface area contributed by atoms with Crippen LogP contribution in [-0.2, 0) is 27.9 Å². The lowest BCUT2D eigenvalue weighted by Gasteiger charge is -2.07. The number of carbonyl (C=O) groups excluding carboxylic acids is 1. The van der Waals surface area contributed by atoms with E-state index in [1.165, 1.54) is 0 Å². The van der Waals surface area contributed by atoms with Crippen LogP contribution >= 0.6 is 0 Å². The summed E-state index contributed by atoms with van der Waals surface area (Å²) in [7, 11) is -3.07. The zero-order valence-corrected chi connectivity index (χ0v) is 10.1. The first-order valence-corrected chi connectivity index (χ1v) is 6.99. The molecule has 16 heavy (non-hydrogen) atoms. The van der Waals surface area contributed by atoms with Gasteiger partial charge in [0.15, 0.2) is 16.1 Å². The lowest BCUT2D eigenvalue weighted by molar-refractivity contribution is 0.111. The molecule has 0 aliphatic carbocycles. The minimum absolute atomic E-state index is 0.00981. The molecule has 0 saturated heterocycles. The van der Waals surface area contributed by atoms with E-state index in [0.717, 1.165) is 0 Å². The van der Waals surface area contributed by atoms with Crippen LogP contribution in [-0.4, -0.2) is 24.5 Å². The summed E-state index contributed by atoms with van der Waals surface area (Å²) >= 11 is 0. The zero-order valence-electron chi connectivity index (χ0n) is 9.30. The van der Waals surface area contributed by atoms with Crippen molar-refractivity contribution in [3.8, 4) is 0 Å². The average molecular weight is 242 g/mol. The molecule has 1 aliphatic rings. The molecule has 2 heterocycles. The second-order valence-electron chi connectivity index (χ2n) is 4.54. The Balaban J connectivity index is 2.48. The van der Waals surface area contributed by atoms with Gasteiger partial charge in [0.05, 0.1) is 17.2 Å². The third-order valence-electron chi connectivity index (χ3n) is 2.57. The number of hydrogen-bond donors (Lipinski definition) is 0. The summed E-state index contributed by atoms with van der Waals surface area (Å²) in [5.74, 6) is 0.330. The fourth-order valence-electron chi connectivity index (χ4n) is 1.94. The highest BCUT2D eigenvalue weighted by Crippen LogP contribution is 2.27. The Morgan fingerprint density at radius 2 is 2.12 bits per heavy atom. The molecular weight excluding hydrogens is 228 g/mol. The van der Waals surface area contributed by atoms with Crippen molar-refractivity contribution >= 4 is 16.1 Å². The molecule has 6 heteroatoms. The molecule has 1 aromatic rings. The quantitative estimate of drug-likeness (QED) is 0.734. The maximum absolute atomic E-state index is 11.5. The molecule has 5 nitrogen and oxygen atoms in total. The highest BCUT2D eigenvalue weighted by atomic mass is 32.2. The van der Waals surface area contributed by atoms with Gasteiger partial charge in [-0.05, 0) is 5.92 Å². The lowest BCUT2D eigenvalue weighted by atomic mass is 10.2. The smallest absolute Gasteiger partial charge is 0.170 e. The first-order valence-electron chi connectivity index (χ1n) is 5.17. The second kappa shape index (κ2) is 3.69. The second-order valence-corrected chi connectivity index (χ2v) is 6.60. The Morgan fingerprint density at radius 3 is 2.69 bits per heavy atom. The molecule has 1 aliphatic heterocycles. The highest BCUT2D eigenvalue weighted by molar-refractivity contribution is 7.90. The summed E-state index contributed by atoms with van der Waals surface area (Å²) in [6.45, 7) is 4.70. The van der Waals surface area contributed by atoms with Crippen LogP contribution in [0.5, 0.6) is 0 Å². The molecule has 0 fully saturated rings. The third-order valence-corrected chi connectivity index (χ3v) is 4.01. The van der Waals surface area contributed by atoms with Gasteiger partial charge in [0.1, 0.15) is 5.69 Å². The van der Waals surface area contributed by atoms with Gasteiger partial charge in [-0.15, -0.1) is 0 Å². The molecule has 0 amide bonds. The minimum atomic E-state index is -3.07. The first kappa shape index (κ1) is 11.3. The molecule has 1 aromatic heterocycles. The van der Waals surface area contributed by atoms with Crippen molar-refractivity contribution in [2.45, 2.75) is 31.9 Å². The topological polar surface area (TPSA) is 69.0 Å². The van der Waals surface area contributed by atoms with Crippen LogP contribution in [0.1, 0.15) is 35.6 Å².